The van der Waals surface area contributed by atoms with Gasteiger partial charge in [0, 0.05) is 60.0 Å². The van der Waals surface area contributed by atoms with Gasteiger partial charge in [-0.15, -0.1) is 0 Å². The van der Waals surface area contributed by atoms with Crippen LogP contribution in [0.5, 0.6) is 11.5 Å². The number of aliphatic imine (C=N–C) groups is 2. The summed E-state index contributed by atoms with van der Waals surface area (Å²) in [5.41, 5.74) is 4.87. The molecule has 10 rings (SSSR count). The van der Waals surface area contributed by atoms with Crippen molar-refractivity contribution in [3.8, 4) is 11.5 Å². The SMILES string of the molecule is CCC1(C)c2ccccc2N(CCCCCCCN2c3ccccc3C(C)(CC)C23C=Nc2c(ccc4ccncc24)O3)C12C=Nc1c(ccc3ccncc13)O2. The number of rotatable bonds is 10. The number of para-hydroxylation sites is 2. The number of aromatic nitrogens is 2. The first-order valence-electron chi connectivity index (χ1n) is 20.8. The smallest absolute Gasteiger partial charge is 0.229 e. The third-order valence-electron chi connectivity index (χ3n) is 13.9. The van der Waals surface area contributed by atoms with Crippen LogP contribution in [0, 0.1) is 0 Å². The number of benzene rings is 4. The molecule has 0 amide bonds. The van der Waals surface area contributed by atoms with Gasteiger partial charge in [0.1, 0.15) is 22.9 Å². The highest BCUT2D eigenvalue weighted by Gasteiger charge is 2.62. The van der Waals surface area contributed by atoms with E-state index >= 15 is 0 Å². The predicted octanol–water partition coefficient (Wildman–Crippen LogP) is 11.4. The molecule has 2 aromatic heterocycles. The quantitative estimate of drug-likeness (QED) is 0.130. The minimum Gasteiger partial charge on any atom is -0.459 e. The Balaban J connectivity index is 0.857. The number of fused-ring (bicyclic) bond motifs is 8. The summed E-state index contributed by atoms with van der Waals surface area (Å²) in [6, 6.07) is 30.2. The Kier molecular flexibility index (Phi) is 8.40. The number of unbranched alkanes of at least 4 members (excludes halogenated alkanes) is 4. The third kappa shape index (κ3) is 5.04. The van der Waals surface area contributed by atoms with Gasteiger partial charge in [-0.3, -0.25) is 20.0 Å². The summed E-state index contributed by atoms with van der Waals surface area (Å²) in [6.07, 6.45) is 19.0. The van der Waals surface area contributed by atoms with E-state index < -0.39 is 11.4 Å². The zero-order valence-electron chi connectivity index (χ0n) is 33.4. The Morgan fingerprint density at radius 1 is 0.526 bits per heavy atom. The second kappa shape index (κ2) is 13.4. The van der Waals surface area contributed by atoms with Crippen LogP contribution in [0.1, 0.15) is 83.8 Å². The van der Waals surface area contributed by atoms with E-state index in [9.17, 15) is 0 Å². The van der Waals surface area contributed by atoms with Crippen molar-refractivity contribution in [2.45, 2.75) is 94.9 Å². The van der Waals surface area contributed by atoms with Gasteiger partial charge in [0.2, 0.25) is 11.4 Å². The van der Waals surface area contributed by atoms with Crippen molar-refractivity contribution in [2.24, 2.45) is 9.98 Å². The average molecular weight is 755 g/mol. The first kappa shape index (κ1) is 35.6. The summed E-state index contributed by atoms with van der Waals surface area (Å²) >= 11 is 0. The van der Waals surface area contributed by atoms with Gasteiger partial charge in [0.25, 0.3) is 0 Å². The van der Waals surface area contributed by atoms with E-state index in [-0.39, 0.29) is 10.8 Å². The molecule has 4 unspecified atom stereocenters. The average Bonchev–Trinajstić information content (AvgIpc) is 3.58. The van der Waals surface area contributed by atoms with Gasteiger partial charge in [-0.1, -0.05) is 81.6 Å². The molecule has 0 saturated carbocycles. The molecule has 4 aliphatic rings. The molecule has 4 aliphatic heterocycles. The lowest BCUT2D eigenvalue weighted by atomic mass is 9.73. The number of pyridine rings is 2. The summed E-state index contributed by atoms with van der Waals surface area (Å²) in [5.74, 6) is 1.63. The molecule has 0 fully saturated rings. The first-order chi connectivity index (χ1) is 27.9. The lowest BCUT2D eigenvalue weighted by Crippen LogP contribution is -2.63. The minimum absolute atomic E-state index is 0.279. The summed E-state index contributed by atoms with van der Waals surface area (Å²) in [4.78, 5) is 24.1. The monoisotopic (exact) mass is 754 g/mol. The number of nitrogens with zero attached hydrogens (tertiary/aromatic N) is 6. The van der Waals surface area contributed by atoms with Gasteiger partial charge in [-0.2, -0.15) is 0 Å². The van der Waals surface area contributed by atoms with E-state index in [1.807, 2.05) is 36.9 Å². The predicted molar refractivity (Wildman–Crippen MR) is 232 cm³/mol. The van der Waals surface area contributed by atoms with Crippen LogP contribution in [0.2, 0.25) is 0 Å². The third-order valence-corrected chi connectivity index (χ3v) is 13.9. The lowest BCUT2D eigenvalue weighted by molar-refractivity contribution is 0.0654. The van der Waals surface area contributed by atoms with E-state index in [0.29, 0.717) is 0 Å². The topological polar surface area (TPSA) is 75.4 Å². The van der Waals surface area contributed by atoms with Crippen molar-refractivity contribution in [2.75, 3.05) is 22.9 Å². The van der Waals surface area contributed by atoms with Crippen LogP contribution in [0.4, 0.5) is 22.7 Å². The molecule has 6 heterocycles. The summed E-state index contributed by atoms with van der Waals surface area (Å²) < 4.78 is 14.4. The molecule has 6 aromatic rings. The maximum atomic E-state index is 7.21. The van der Waals surface area contributed by atoms with E-state index in [2.05, 4.69) is 133 Å². The molecule has 0 N–H and O–H groups in total. The molecule has 0 bridgehead atoms. The Labute approximate surface area is 335 Å². The van der Waals surface area contributed by atoms with Crippen LogP contribution >= 0.6 is 0 Å². The molecule has 57 heavy (non-hydrogen) atoms. The maximum Gasteiger partial charge on any atom is 0.229 e. The first-order valence-corrected chi connectivity index (χ1v) is 20.8. The van der Waals surface area contributed by atoms with Crippen molar-refractivity contribution in [3.05, 3.63) is 121 Å². The van der Waals surface area contributed by atoms with Crippen molar-refractivity contribution in [1.82, 2.24) is 9.97 Å². The molecule has 8 nitrogen and oxygen atoms in total. The van der Waals surface area contributed by atoms with Gasteiger partial charge < -0.3 is 19.3 Å². The van der Waals surface area contributed by atoms with E-state index in [1.165, 1.54) is 22.5 Å². The van der Waals surface area contributed by atoms with Gasteiger partial charge in [0.05, 0.1) is 23.3 Å². The summed E-state index contributed by atoms with van der Waals surface area (Å²) in [5, 5.41) is 4.26. The van der Waals surface area contributed by atoms with Crippen LogP contribution in [0.3, 0.4) is 0 Å². The van der Waals surface area contributed by atoms with Crippen LogP contribution in [0.15, 0.2) is 120 Å². The number of hydrogen-bond acceptors (Lipinski definition) is 8. The fraction of sp³-hybridized carbons (Fsp3) is 0.347. The number of anilines is 2. The van der Waals surface area contributed by atoms with Crippen molar-refractivity contribution in [3.63, 3.8) is 0 Å². The van der Waals surface area contributed by atoms with Gasteiger partial charge >= 0.3 is 0 Å². The van der Waals surface area contributed by atoms with Gasteiger partial charge in [-0.25, -0.2) is 0 Å². The van der Waals surface area contributed by atoms with Crippen molar-refractivity contribution < 1.29 is 9.47 Å². The van der Waals surface area contributed by atoms with E-state index in [4.69, 9.17) is 19.5 Å². The Morgan fingerprint density at radius 3 is 1.42 bits per heavy atom. The molecule has 2 spiro atoms. The van der Waals surface area contributed by atoms with Crippen LogP contribution in [0.25, 0.3) is 21.5 Å². The number of ether oxygens (including phenoxy) is 2. The fourth-order valence-electron chi connectivity index (χ4n) is 10.4. The van der Waals surface area contributed by atoms with Crippen molar-refractivity contribution >= 4 is 56.7 Å². The molecular formula is C49H50N6O2. The summed E-state index contributed by atoms with van der Waals surface area (Å²) in [6.45, 7) is 11.0. The van der Waals surface area contributed by atoms with E-state index in [1.54, 1.807) is 0 Å². The standard InChI is InChI=1S/C49H50N6O2/c1-5-46(3)38-16-10-12-18-40(38)54(48(46)32-52-44-36-30-50-26-24-34(36)20-22-42(44)56-48)28-14-8-7-9-15-29-55-41-19-13-11-17-39(41)47(4,6-2)49(55)33-53-45-37-31-51-27-25-35(37)21-23-43(45)57-49/h10-13,16-27,30-33H,5-9,14-15,28-29H2,1-4H3. The highest BCUT2D eigenvalue weighted by atomic mass is 16.5. The van der Waals surface area contributed by atoms with Gasteiger partial charge in [0.15, 0.2) is 0 Å². The molecule has 0 aliphatic carbocycles. The molecular weight excluding hydrogens is 705 g/mol. The normalized spacial score (nSPS) is 25.1. The lowest BCUT2D eigenvalue weighted by Gasteiger charge is -2.47. The zero-order valence-corrected chi connectivity index (χ0v) is 33.4. The van der Waals surface area contributed by atoms with Gasteiger partial charge in [-0.05, 0) is 97.8 Å². The number of hydrogen-bond donors (Lipinski definition) is 0. The van der Waals surface area contributed by atoms with Crippen LogP contribution in [-0.2, 0) is 10.8 Å². The molecule has 4 aromatic carbocycles. The molecule has 8 heteroatoms. The van der Waals surface area contributed by atoms with Crippen LogP contribution < -0.4 is 19.3 Å². The highest BCUT2D eigenvalue weighted by molar-refractivity contribution is 6.01. The van der Waals surface area contributed by atoms with E-state index in [0.717, 1.165) is 102 Å². The summed E-state index contributed by atoms with van der Waals surface area (Å²) in [7, 11) is 0. The Hall–Kier alpha value is -5.76. The highest BCUT2D eigenvalue weighted by Crippen LogP contribution is 2.58. The van der Waals surface area contributed by atoms with Crippen molar-refractivity contribution in [1.29, 1.82) is 0 Å². The molecule has 288 valence electrons. The maximum absolute atomic E-state index is 7.21. The molecule has 0 radical (unpaired) electrons. The largest absolute Gasteiger partial charge is 0.459 e. The molecule has 0 saturated heterocycles. The second-order valence-corrected chi connectivity index (χ2v) is 16.6. The Morgan fingerprint density at radius 2 is 0.965 bits per heavy atom. The molecule has 4 atom stereocenters. The minimum atomic E-state index is -0.722. The second-order valence-electron chi connectivity index (χ2n) is 16.6. The Bertz CT molecular complexity index is 2410. The van der Waals surface area contributed by atoms with Crippen LogP contribution in [-0.4, -0.2) is 46.9 Å². The fourth-order valence-corrected chi connectivity index (χ4v) is 10.4. The zero-order chi connectivity index (χ0) is 38.8.